The van der Waals surface area contributed by atoms with Crippen LogP contribution >= 0.6 is 0 Å². The molecule has 2 heterocycles. The number of ether oxygens (including phenoxy) is 2. The van der Waals surface area contributed by atoms with E-state index in [9.17, 15) is 24.9 Å². The van der Waals surface area contributed by atoms with E-state index in [4.69, 9.17) is 20.6 Å². The molecule has 176 valence electrons. The second-order valence-corrected chi connectivity index (χ2v) is 7.48. The maximum Gasteiger partial charge on any atom is 0.370 e. The van der Waals surface area contributed by atoms with Gasteiger partial charge in [0.2, 0.25) is 5.76 Å². The van der Waals surface area contributed by atoms with Crippen LogP contribution in [0.5, 0.6) is 5.75 Å². The highest BCUT2D eigenvalue weighted by Gasteiger charge is 2.41. The first kappa shape index (κ1) is 23.7. The van der Waals surface area contributed by atoms with Crippen molar-refractivity contribution >= 4 is 18.4 Å². The van der Waals surface area contributed by atoms with Crippen LogP contribution in [-0.2, 0) is 20.9 Å². The van der Waals surface area contributed by atoms with Crippen LogP contribution in [0.25, 0.3) is 11.3 Å². The average molecular weight is 460 g/mol. The first-order chi connectivity index (χ1) is 15.7. The van der Waals surface area contributed by atoms with Crippen LogP contribution in [-0.4, -0.2) is 73.1 Å². The summed E-state index contributed by atoms with van der Waals surface area (Å²) in [6.07, 6.45) is -1.13. The highest BCUT2D eigenvalue weighted by molar-refractivity contribution is 5.85. The van der Waals surface area contributed by atoms with E-state index in [2.05, 4.69) is 15.6 Å². The third-order valence-electron chi connectivity index (χ3n) is 5.19. The molecule has 13 nitrogen and oxygen atoms in total. The molecule has 0 saturated heterocycles. The second-order valence-electron chi connectivity index (χ2n) is 7.48. The van der Waals surface area contributed by atoms with Crippen LogP contribution in [0.3, 0.4) is 0 Å². The molecule has 0 bridgehead atoms. The fraction of sp³-hybridized carbons (Fsp3) is 0.350. The van der Waals surface area contributed by atoms with E-state index in [1.807, 2.05) is 0 Å². The Kier molecular flexibility index (Phi) is 7.25. The molecule has 3 unspecified atom stereocenters. The number of benzene rings is 1. The van der Waals surface area contributed by atoms with Gasteiger partial charge in [-0.05, 0) is 30.3 Å². The molecule has 0 aliphatic carbocycles. The monoisotopic (exact) mass is 460 g/mol. The molecule has 1 aromatic heterocycles. The normalized spacial score (nSPS) is 21.8. The second kappa shape index (κ2) is 10.1. The summed E-state index contributed by atoms with van der Waals surface area (Å²) in [4.78, 5) is 21.8. The summed E-state index contributed by atoms with van der Waals surface area (Å²) in [7, 11) is 0. The van der Waals surface area contributed by atoms with Gasteiger partial charge in [-0.1, -0.05) is 12.1 Å². The molecule has 13 heteroatoms. The Morgan fingerprint density at radius 1 is 1.39 bits per heavy atom. The van der Waals surface area contributed by atoms with Gasteiger partial charge < -0.3 is 35.8 Å². The number of hydrogen-bond donors (Lipinski definition) is 6. The maximum atomic E-state index is 11.4. The molecule has 2 aromatic rings. The molecule has 1 aliphatic rings. The van der Waals surface area contributed by atoms with E-state index in [0.29, 0.717) is 23.5 Å². The van der Waals surface area contributed by atoms with Crippen molar-refractivity contribution in [3.05, 3.63) is 42.3 Å². The van der Waals surface area contributed by atoms with Crippen molar-refractivity contribution in [3.8, 4) is 17.0 Å². The van der Waals surface area contributed by atoms with E-state index < -0.39 is 42.0 Å². The van der Waals surface area contributed by atoms with E-state index in [0.717, 1.165) is 0 Å². The third-order valence-corrected chi connectivity index (χ3v) is 5.19. The molecule has 0 spiro atoms. The van der Waals surface area contributed by atoms with Gasteiger partial charge in [-0.25, -0.2) is 9.48 Å². The van der Waals surface area contributed by atoms with Gasteiger partial charge in [-0.15, -0.1) is 5.10 Å². The Balaban J connectivity index is 1.70. The van der Waals surface area contributed by atoms with Crippen LogP contribution < -0.4 is 15.8 Å². The molecule has 0 saturated carbocycles. The first-order valence-corrected chi connectivity index (χ1v) is 9.89. The lowest BCUT2D eigenvalue weighted by Gasteiger charge is -2.38. The SMILES string of the molecule is C[C@H]1C(C(O)C(O)Cn2cc(-c3ccc(OC=O)cc3)nn2)OC(C(=O)O)=C[C@H]1NC(=N)N. The number of nitrogens with two attached hydrogens (primary N) is 1. The number of carbonyl (C=O) groups excluding carboxylic acids is 1. The zero-order chi connectivity index (χ0) is 24.1. The van der Waals surface area contributed by atoms with E-state index in [1.165, 1.54) is 10.8 Å². The number of carboxylic acid groups (broad SMARTS) is 1. The van der Waals surface area contributed by atoms with Crippen molar-refractivity contribution < 1.29 is 34.4 Å². The number of aromatic nitrogens is 3. The summed E-state index contributed by atoms with van der Waals surface area (Å²) in [5.41, 5.74) is 6.54. The Labute approximate surface area is 187 Å². The minimum absolute atomic E-state index is 0.149. The molecule has 33 heavy (non-hydrogen) atoms. The molecule has 5 atom stereocenters. The summed E-state index contributed by atoms with van der Waals surface area (Å²) in [6, 6.07) is 5.83. The topological polar surface area (TPSA) is 206 Å². The number of carbonyl (C=O) groups is 2. The number of aliphatic hydroxyl groups excluding tert-OH is 2. The van der Waals surface area contributed by atoms with Gasteiger partial charge in [0.1, 0.15) is 29.8 Å². The van der Waals surface area contributed by atoms with Crippen molar-refractivity contribution in [2.75, 3.05) is 0 Å². The summed E-state index contributed by atoms with van der Waals surface area (Å²) < 4.78 is 11.5. The molecule has 7 N–H and O–H groups in total. The van der Waals surface area contributed by atoms with Crippen LogP contribution in [0, 0.1) is 11.3 Å². The standard InChI is InChI=1S/C20H24N6O7/c1-10-13(23-20(21)22)6-16(19(30)31)33-18(10)17(29)15(28)8-26-7-14(24-25-26)11-2-4-12(5-3-11)32-9-27/h2-7,9-10,13,15,17-18,28-29H,8H2,1H3,(H,30,31)(H4,21,22,23)/t10-,13-,15?,17?,18?/m1/s1. The van der Waals surface area contributed by atoms with Gasteiger partial charge in [0, 0.05) is 11.5 Å². The summed E-state index contributed by atoms with van der Waals surface area (Å²) in [5.74, 6) is -2.30. The van der Waals surface area contributed by atoms with Gasteiger partial charge in [-0.3, -0.25) is 10.2 Å². The van der Waals surface area contributed by atoms with E-state index >= 15 is 0 Å². The highest BCUT2D eigenvalue weighted by atomic mass is 16.5. The van der Waals surface area contributed by atoms with E-state index in [-0.39, 0.29) is 12.5 Å². The predicted molar refractivity (Wildman–Crippen MR) is 113 cm³/mol. The van der Waals surface area contributed by atoms with Crippen LogP contribution in [0.1, 0.15) is 6.92 Å². The zero-order valence-electron chi connectivity index (χ0n) is 17.5. The summed E-state index contributed by atoms with van der Waals surface area (Å²) >= 11 is 0. The fourth-order valence-corrected chi connectivity index (χ4v) is 3.47. The van der Waals surface area contributed by atoms with Crippen molar-refractivity contribution in [2.24, 2.45) is 11.7 Å². The van der Waals surface area contributed by atoms with Gasteiger partial charge >= 0.3 is 5.97 Å². The number of nitrogens with zero attached hydrogens (tertiary/aromatic N) is 3. The summed E-state index contributed by atoms with van der Waals surface area (Å²) in [5, 5.41) is 48.6. The van der Waals surface area contributed by atoms with Crippen molar-refractivity contribution in [2.45, 2.75) is 37.8 Å². The quantitative estimate of drug-likeness (QED) is 0.153. The fourth-order valence-electron chi connectivity index (χ4n) is 3.47. The minimum atomic E-state index is -1.48. The highest BCUT2D eigenvalue weighted by Crippen LogP contribution is 2.28. The Hall–Kier alpha value is -3.97. The summed E-state index contributed by atoms with van der Waals surface area (Å²) in [6.45, 7) is 1.84. The lowest BCUT2D eigenvalue weighted by atomic mass is 9.87. The number of carboxylic acids is 1. The predicted octanol–water partition coefficient (Wildman–Crippen LogP) is -0.943. The van der Waals surface area contributed by atoms with Gasteiger partial charge in [0.25, 0.3) is 6.47 Å². The molecule has 0 amide bonds. The molecular formula is C20H24N6O7. The van der Waals surface area contributed by atoms with Gasteiger partial charge in [0.05, 0.1) is 18.8 Å². The number of aliphatic hydroxyl groups is 2. The smallest absolute Gasteiger partial charge is 0.370 e. The van der Waals surface area contributed by atoms with Crippen molar-refractivity contribution in [1.29, 1.82) is 5.41 Å². The van der Waals surface area contributed by atoms with Crippen molar-refractivity contribution in [3.63, 3.8) is 0 Å². The zero-order valence-corrected chi connectivity index (χ0v) is 17.5. The first-order valence-electron chi connectivity index (χ1n) is 9.89. The number of nitrogens with one attached hydrogen (secondary N) is 2. The third kappa shape index (κ3) is 5.64. The van der Waals surface area contributed by atoms with Crippen molar-refractivity contribution in [1.82, 2.24) is 20.3 Å². The molecule has 3 rings (SSSR count). The minimum Gasteiger partial charge on any atom is -0.480 e. The largest absolute Gasteiger partial charge is 0.480 e. The van der Waals surface area contributed by atoms with Crippen LogP contribution in [0.4, 0.5) is 0 Å². The van der Waals surface area contributed by atoms with Gasteiger partial charge in [0.15, 0.2) is 5.96 Å². The van der Waals surface area contributed by atoms with Gasteiger partial charge in [-0.2, -0.15) is 0 Å². The molecule has 1 aromatic carbocycles. The molecule has 1 aliphatic heterocycles. The maximum absolute atomic E-state index is 11.4. The Morgan fingerprint density at radius 2 is 2.09 bits per heavy atom. The Bertz CT molecular complexity index is 1040. The van der Waals surface area contributed by atoms with E-state index in [1.54, 1.807) is 37.4 Å². The average Bonchev–Trinajstić information content (AvgIpc) is 3.23. The van der Waals surface area contributed by atoms with Crippen LogP contribution in [0.2, 0.25) is 0 Å². The number of hydrogen-bond acceptors (Lipinski definition) is 9. The number of rotatable bonds is 9. The molecule has 0 fully saturated rings. The number of aliphatic carboxylic acids is 1. The molecule has 0 radical (unpaired) electrons. The lowest BCUT2D eigenvalue weighted by Crippen LogP contribution is -2.54. The van der Waals surface area contributed by atoms with Crippen LogP contribution in [0.15, 0.2) is 42.3 Å². The lowest BCUT2D eigenvalue weighted by molar-refractivity contribution is -0.146. The number of guanidine groups is 1. The Morgan fingerprint density at radius 3 is 2.70 bits per heavy atom. The molecular weight excluding hydrogens is 436 g/mol.